The highest BCUT2D eigenvalue weighted by atomic mass is 32.1. The first-order valence-corrected chi connectivity index (χ1v) is 12.9. The molecular weight excluding hydrogens is 468 g/mol. The Bertz CT molecular complexity index is 1060. The number of hydrogen-bond acceptors (Lipinski definition) is 6. The second kappa shape index (κ2) is 9.68. The number of methoxy groups -OCH3 is 1. The number of esters is 1. The number of alkyl halides is 2. The molecule has 2 aromatic rings. The normalized spacial score (nSPS) is 16.2. The van der Waals surface area contributed by atoms with Gasteiger partial charge in [0.05, 0.1) is 17.6 Å². The average Bonchev–Trinajstić information content (AvgIpc) is 3.34. The molecule has 0 saturated heterocycles. The van der Waals surface area contributed by atoms with Crippen molar-refractivity contribution in [3.63, 3.8) is 0 Å². The summed E-state index contributed by atoms with van der Waals surface area (Å²) in [5.74, 6) is -3.44. The molecule has 0 saturated carbocycles. The van der Waals surface area contributed by atoms with Crippen LogP contribution in [0.2, 0.25) is 0 Å². The van der Waals surface area contributed by atoms with Crippen LogP contribution in [0.25, 0.3) is 0 Å². The van der Waals surface area contributed by atoms with Crippen LogP contribution in [0.5, 0.6) is 0 Å². The molecule has 0 spiro atoms. The van der Waals surface area contributed by atoms with Gasteiger partial charge < -0.3 is 10.1 Å². The molecule has 0 fully saturated rings. The zero-order valence-electron chi connectivity index (χ0n) is 19.1. The number of nitrogens with zero attached hydrogens (tertiary/aromatic N) is 1. The largest absolute Gasteiger partial charge is 0.465 e. The fraction of sp³-hybridized carbons (Fsp3) is 0.565. The number of urea groups is 1. The Kier molecular flexibility index (Phi) is 7.07. The highest BCUT2D eigenvalue weighted by Crippen LogP contribution is 2.42. The van der Waals surface area contributed by atoms with E-state index in [2.05, 4.69) is 22.5 Å². The summed E-state index contributed by atoms with van der Waals surface area (Å²) in [6.07, 6.45) is 4.39. The van der Waals surface area contributed by atoms with Crippen molar-refractivity contribution in [2.24, 2.45) is 0 Å². The number of nitrogens with one attached hydrogen (secondary N) is 2. The molecule has 2 N–H and O–H groups in total. The minimum atomic E-state index is -2.97. The topological polar surface area (TPSA) is 70.7 Å². The van der Waals surface area contributed by atoms with Gasteiger partial charge in [0.15, 0.2) is 0 Å². The van der Waals surface area contributed by atoms with Crippen molar-refractivity contribution in [1.29, 1.82) is 0 Å². The maximum absolute atomic E-state index is 14.4. The van der Waals surface area contributed by atoms with E-state index in [1.807, 2.05) is 0 Å². The maximum Gasteiger partial charge on any atom is 0.341 e. The first kappa shape index (κ1) is 24.1. The second-order valence-corrected chi connectivity index (χ2v) is 10.7. The lowest BCUT2D eigenvalue weighted by Crippen LogP contribution is -2.32. The Hall–Kier alpha value is -2.04. The number of ether oxygens (including phenoxy) is 1. The summed E-state index contributed by atoms with van der Waals surface area (Å²) in [7, 11) is 1.32. The molecule has 2 aromatic heterocycles. The summed E-state index contributed by atoms with van der Waals surface area (Å²) in [6.45, 7) is 5.34. The number of hydrogen-bond donors (Lipinski definition) is 2. The molecular formula is C23H29F2N3O3S2. The lowest BCUT2D eigenvalue weighted by Gasteiger charge is -2.25. The van der Waals surface area contributed by atoms with Crippen LogP contribution in [0.1, 0.15) is 68.4 Å². The maximum atomic E-state index is 14.4. The monoisotopic (exact) mass is 497 g/mol. The molecule has 33 heavy (non-hydrogen) atoms. The van der Waals surface area contributed by atoms with Crippen molar-refractivity contribution in [2.75, 3.05) is 25.5 Å². The van der Waals surface area contributed by atoms with Gasteiger partial charge >= 0.3 is 12.0 Å². The lowest BCUT2D eigenvalue weighted by molar-refractivity contribution is 0.0205. The van der Waals surface area contributed by atoms with Gasteiger partial charge in [0.2, 0.25) is 0 Å². The van der Waals surface area contributed by atoms with E-state index in [1.54, 1.807) is 0 Å². The average molecular weight is 498 g/mol. The summed E-state index contributed by atoms with van der Waals surface area (Å²) >= 11 is 2.54. The van der Waals surface area contributed by atoms with E-state index in [4.69, 9.17) is 4.74 Å². The summed E-state index contributed by atoms with van der Waals surface area (Å²) in [4.78, 5) is 29.4. The van der Waals surface area contributed by atoms with Crippen LogP contribution in [-0.2, 0) is 43.0 Å². The molecule has 10 heteroatoms. The van der Waals surface area contributed by atoms with Crippen molar-refractivity contribution < 1.29 is 23.1 Å². The standard InChI is InChI=1S/C23H29F2N3O3S2/c1-4-28-10-9-13-15(19(23(2,24)25)32-17(13)12-28)11-26-22(30)27-20-18(21(29)31-3)14-7-5-6-8-16(14)33-20/h4-12H2,1-3H3,(H2,26,27,30). The fourth-order valence-electron chi connectivity index (χ4n) is 4.62. The highest BCUT2D eigenvalue weighted by Gasteiger charge is 2.35. The molecule has 1 aliphatic carbocycles. The van der Waals surface area contributed by atoms with Gasteiger partial charge in [-0.25, -0.2) is 18.4 Å². The predicted octanol–water partition coefficient (Wildman–Crippen LogP) is 5.29. The zero-order chi connectivity index (χ0) is 23.8. The molecule has 6 nitrogen and oxygen atoms in total. The SMILES string of the molecule is CCN1CCc2c(sc(C(C)(F)F)c2CNC(=O)Nc2sc3c(c2C(=O)OC)CCCC3)C1. The minimum Gasteiger partial charge on any atom is -0.465 e. The van der Waals surface area contributed by atoms with Gasteiger partial charge in [-0.05, 0) is 55.3 Å². The van der Waals surface area contributed by atoms with Gasteiger partial charge in [-0.2, -0.15) is 0 Å². The third kappa shape index (κ3) is 4.93. The molecule has 4 rings (SSSR count). The number of aryl methyl sites for hydroxylation is 1. The van der Waals surface area contributed by atoms with E-state index in [1.165, 1.54) is 18.4 Å². The molecule has 0 unspecified atom stereocenters. The molecule has 0 aromatic carbocycles. The second-order valence-electron chi connectivity index (χ2n) is 8.53. The van der Waals surface area contributed by atoms with E-state index in [9.17, 15) is 18.4 Å². The van der Waals surface area contributed by atoms with Crippen molar-refractivity contribution >= 4 is 39.7 Å². The lowest BCUT2D eigenvalue weighted by atomic mass is 9.95. The zero-order valence-corrected chi connectivity index (χ0v) is 20.7. The Balaban J connectivity index is 1.53. The van der Waals surface area contributed by atoms with E-state index < -0.39 is 17.9 Å². The highest BCUT2D eigenvalue weighted by molar-refractivity contribution is 7.17. The quantitative estimate of drug-likeness (QED) is 0.533. The van der Waals surface area contributed by atoms with Gasteiger partial charge in [0, 0.05) is 36.3 Å². The smallest absolute Gasteiger partial charge is 0.341 e. The molecule has 2 aliphatic rings. The van der Waals surface area contributed by atoms with Crippen molar-refractivity contribution in [1.82, 2.24) is 10.2 Å². The number of amides is 2. The number of likely N-dealkylation sites (N-methyl/N-ethyl adjacent to an activating group) is 1. The van der Waals surface area contributed by atoms with Crippen LogP contribution in [0.4, 0.5) is 18.6 Å². The minimum absolute atomic E-state index is 0.0151. The Morgan fingerprint density at radius 1 is 1.12 bits per heavy atom. The Morgan fingerprint density at radius 3 is 2.58 bits per heavy atom. The Morgan fingerprint density at radius 2 is 1.88 bits per heavy atom. The molecule has 3 heterocycles. The molecule has 1 aliphatic heterocycles. The van der Waals surface area contributed by atoms with E-state index in [0.717, 1.165) is 77.9 Å². The Labute approximate surface area is 200 Å². The van der Waals surface area contributed by atoms with Crippen LogP contribution < -0.4 is 10.6 Å². The number of fused-ring (bicyclic) bond motifs is 2. The van der Waals surface area contributed by atoms with Crippen LogP contribution in [0, 0.1) is 0 Å². The third-order valence-corrected chi connectivity index (χ3v) is 8.94. The van der Waals surface area contributed by atoms with Crippen LogP contribution >= 0.6 is 22.7 Å². The van der Waals surface area contributed by atoms with Crippen LogP contribution in [-0.4, -0.2) is 37.1 Å². The van der Waals surface area contributed by atoms with Crippen molar-refractivity contribution in [3.8, 4) is 0 Å². The number of carbonyl (C=O) groups is 2. The number of thiophene rings is 2. The predicted molar refractivity (Wildman–Crippen MR) is 127 cm³/mol. The summed E-state index contributed by atoms with van der Waals surface area (Å²) in [5, 5.41) is 5.98. The molecule has 0 bridgehead atoms. The van der Waals surface area contributed by atoms with Crippen molar-refractivity contribution in [2.45, 2.75) is 65.0 Å². The molecule has 2 amide bonds. The summed E-state index contributed by atoms with van der Waals surface area (Å²) in [6, 6.07) is -0.518. The van der Waals surface area contributed by atoms with E-state index in [-0.39, 0.29) is 11.4 Å². The van der Waals surface area contributed by atoms with Crippen molar-refractivity contribution in [3.05, 3.63) is 36.9 Å². The third-order valence-electron chi connectivity index (χ3n) is 6.30. The van der Waals surface area contributed by atoms with E-state index in [0.29, 0.717) is 29.1 Å². The number of halogens is 2. The molecule has 180 valence electrons. The van der Waals surface area contributed by atoms with Crippen LogP contribution in [0.15, 0.2) is 0 Å². The molecule has 0 atom stereocenters. The summed E-state index contributed by atoms with van der Waals surface area (Å²) in [5.41, 5.74) is 2.82. The number of anilines is 1. The van der Waals surface area contributed by atoms with Gasteiger partial charge in [-0.15, -0.1) is 22.7 Å². The number of rotatable bonds is 6. The fourth-order valence-corrected chi connectivity index (χ4v) is 7.23. The van der Waals surface area contributed by atoms with E-state index >= 15 is 0 Å². The van der Waals surface area contributed by atoms with Gasteiger partial charge in [-0.1, -0.05) is 6.92 Å². The van der Waals surface area contributed by atoms with Crippen LogP contribution in [0.3, 0.4) is 0 Å². The molecule has 0 radical (unpaired) electrons. The first-order chi connectivity index (χ1) is 15.7. The van der Waals surface area contributed by atoms with Gasteiger partial charge in [-0.3, -0.25) is 10.2 Å². The van der Waals surface area contributed by atoms with Gasteiger partial charge in [0.1, 0.15) is 5.00 Å². The summed E-state index contributed by atoms with van der Waals surface area (Å²) < 4.78 is 33.7. The number of carbonyl (C=O) groups excluding carboxylic acids is 2. The first-order valence-electron chi connectivity index (χ1n) is 11.2. The van der Waals surface area contributed by atoms with Gasteiger partial charge in [0.25, 0.3) is 5.92 Å².